The van der Waals surface area contributed by atoms with Gasteiger partial charge in [0.1, 0.15) is 0 Å². The van der Waals surface area contributed by atoms with Crippen molar-refractivity contribution in [3.8, 4) is 0 Å². The van der Waals surface area contributed by atoms with Crippen LogP contribution in [0, 0.1) is 5.92 Å². The van der Waals surface area contributed by atoms with E-state index in [1.165, 1.54) is 0 Å². The van der Waals surface area contributed by atoms with Gasteiger partial charge in [-0.2, -0.15) is 11.3 Å². The van der Waals surface area contributed by atoms with E-state index in [9.17, 15) is 9.59 Å². The summed E-state index contributed by atoms with van der Waals surface area (Å²) in [5, 5.41) is 10.1. The Kier molecular flexibility index (Phi) is 5.36. The Labute approximate surface area is 161 Å². The molecular weight excluding hydrogens is 366 g/mol. The monoisotopic (exact) mass is 389 g/mol. The summed E-state index contributed by atoms with van der Waals surface area (Å²) in [6.45, 7) is 2.24. The van der Waals surface area contributed by atoms with Gasteiger partial charge in [-0.25, -0.2) is 4.98 Å². The SMILES string of the molecule is O=C(NCCc1csc([C@@H]2CCCN(C(=O)c3ccsc3)C2)n1)C1CC1. The number of rotatable bonds is 6. The second-order valence-electron chi connectivity index (χ2n) is 7.09. The van der Waals surface area contributed by atoms with Gasteiger partial charge in [0, 0.05) is 48.7 Å². The van der Waals surface area contributed by atoms with Crippen molar-refractivity contribution in [2.75, 3.05) is 19.6 Å². The summed E-state index contributed by atoms with van der Waals surface area (Å²) in [6.07, 6.45) is 4.95. The summed E-state index contributed by atoms with van der Waals surface area (Å²) in [5.74, 6) is 0.909. The molecule has 2 aliphatic rings. The lowest BCUT2D eigenvalue weighted by Gasteiger charge is -2.31. The number of aromatic nitrogens is 1. The third-order valence-corrected chi connectivity index (χ3v) is 6.76. The third-order valence-electron chi connectivity index (χ3n) is 5.02. The van der Waals surface area contributed by atoms with Crippen LogP contribution < -0.4 is 5.32 Å². The van der Waals surface area contributed by atoms with Gasteiger partial charge in [-0.1, -0.05) is 0 Å². The van der Waals surface area contributed by atoms with Gasteiger partial charge in [0.25, 0.3) is 5.91 Å². The minimum absolute atomic E-state index is 0.135. The molecule has 3 heterocycles. The average molecular weight is 390 g/mol. The predicted octanol–water partition coefficient (Wildman–Crippen LogP) is 3.29. The zero-order valence-corrected chi connectivity index (χ0v) is 16.3. The molecule has 1 aliphatic carbocycles. The molecule has 0 aromatic carbocycles. The highest BCUT2D eigenvalue weighted by molar-refractivity contribution is 7.09. The summed E-state index contributed by atoms with van der Waals surface area (Å²) < 4.78 is 0. The first-order chi connectivity index (χ1) is 12.7. The van der Waals surface area contributed by atoms with Crippen molar-refractivity contribution < 1.29 is 9.59 Å². The number of nitrogens with one attached hydrogen (secondary N) is 1. The highest BCUT2D eigenvalue weighted by atomic mass is 32.1. The second-order valence-corrected chi connectivity index (χ2v) is 8.76. The van der Waals surface area contributed by atoms with Gasteiger partial charge in [-0.3, -0.25) is 9.59 Å². The molecule has 1 saturated carbocycles. The number of thiophene rings is 1. The molecule has 1 saturated heterocycles. The van der Waals surface area contributed by atoms with Crippen molar-refractivity contribution in [1.29, 1.82) is 0 Å². The molecule has 0 unspecified atom stereocenters. The van der Waals surface area contributed by atoms with E-state index in [4.69, 9.17) is 4.98 Å². The molecule has 0 radical (unpaired) electrons. The van der Waals surface area contributed by atoms with Gasteiger partial charge < -0.3 is 10.2 Å². The lowest BCUT2D eigenvalue weighted by molar-refractivity contribution is -0.122. The van der Waals surface area contributed by atoms with E-state index in [0.717, 1.165) is 61.5 Å². The molecular formula is C19H23N3O2S2. The fraction of sp³-hybridized carbons (Fsp3) is 0.526. The van der Waals surface area contributed by atoms with Crippen LogP contribution in [-0.4, -0.2) is 41.3 Å². The van der Waals surface area contributed by atoms with Gasteiger partial charge >= 0.3 is 0 Å². The summed E-state index contributed by atoms with van der Waals surface area (Å²) in [6, 6.07) is 1.90. The number of amides is 2. The highest BCUT2D eigenvalue weighted by Gasteiger charge is 2.29. The number of hydrogen-bond acceptors (Lipinski definition) is 5. The van der Waals surface area contributed by atoms with Crippen LogP contribution in [0.2, 0.25) is 0 Å². The van der Waals surface area contributed by atoms with Crippen LogP contribution in [0.4, 0.5) is 0 Å². The molecule has 1 N–H and O–H groups in total. The molecule has 0 bridgehead atoms. The van der Waals surface area contributed by atoms with E-state index in [0.29, 0.717) is 12.5 Å². The molecule has 2 amide bonds. The molecule has 2 aromatic rings. The van der Waals surface area contributed by atoms with E-state index < -0.39 is 0 Å². The van der Waals surface area contributed by atoms with Gasteiger partial charge in [-0.15, -0.1) is 11.3 Å². The number of thiazole rings is 1. The normalized spacial score (nSPS) is 20.2. The minimum Gasteiger partial charge on any atom is -0.355 e. The molecule has 138 valence electrons. The molecule has 5 nitrogen and oxygen atoms in total. The van der Waals surface area contributed by atoms with Crippen molar-refractivity contribution in [3.05, 3.63) is 38.5 Å². The van der Waals surface area contributed by atoms with Crippen LogP contribution in [0.1, 0.15) is 52.7 Å². The number of carbonyl (C=O) groups excluding carboxylic acids is 2. The third kappa shape index (κ3) is 4.15. The van der Waals surface area contributed by atoms with Crippen molar-refractivity contribution in [2.24, 2.45) is 5.92 Å². The quantitative estimate of drug-likeness (QED) is 0.825. The maximum atomic E-state index is 12.6. The zero-order chi connectivity index (χ0) is 17.9. The van der Waals surface area contributed by atoms with Crippen LogP contribution in [0.3, 0.4) is 0 Å². The second kappa shape index (κ2) is 7.88. The van der Waals surface area contributed by atoms with Crippen LogP contribution in [0.25, 0.3) is 0 Å². The summed E-state index contributed by atoms with van der Waals surface area (Å²) in [5.41, 5.74) is 1.84. The number of hydrogen-bond donors (Lipinski definition) is 1. The van der Waals surface area contributed by atoms with Crippen molar-refractivity contribution in [2.45, 2.75) is 38.0 Å². The summed E-state index contributed by atoms with van der Waals surface area (Å²) in [4.78, 5) is 31.0. The highest BCUT2D eigenvalue weighted by Crippen LogP contribution is 2.30. The van der Waals surface area contributed by atoms with Crippen LogP contribution in [-0.2, 0) is 11.2 Å². The molecule has 0 spiro atoms. The summed E-state index contributed by atoms with van der Waals surface area (Å²) in [7, 11) is 0. The van der Waals surface area contributed by atoms with E-state index >= 15 is 0 Å². The van der Waals surface area contributed by atoms with Crippen LogP contribution in [0.5, 0.6) is 0 Å². The van der Waals surface area contributed by atoms with E-state index in [1.54, 1.807) is 22.7 Å². The molecule has 2 fully saturated rings. The predicted molar refractivity (Wildman–Crippen MR) is 104 cm³/mol. The first kappa shape index (κ1) is 17.7. The Morgan fingerprint density at radius 3 is 2.92 bits per heavy atom. The number of likely N-dealkylation sites (tertiary alicyclic amines) is 1. The Morgan fingerprint density at radius 1 is 1.27 bits per heavy atom. The molecule has 2 aromatic heterocycles. The lowest BCUT2D eigenvalue weighted by atomic mass is 9.98. The van der Waals surface area contributed by atoms with Gasteiger partial charge in [0.05, 0.1) is 16.3 Å². The smallest absolute Gasteiger partial charge is 0.254 e. The number of nitrogens with zero attached hydrogens (tertiary/aromatic N) is 2. The molecule has 1 aliphatic heterocycles. The minimum atomic E-state index is 0.135. The summed E-state index contributed by atoms with van der Waals surface area (Å²) >= 11 is 3.24. The Hall–Kier alpha value is -1.73. The largest absolute Gasteiger partial charge is 0.355 e. The zero-order valence-electron chi connectivity index (χ0n) is 14.6. The topological polar surface area (TPSA) is 62.3 Å². The van der Waals surface area contributed by atoms with Crippen molar-refractivity contribution in [3.63, 3.8) is 0 Å². The average Bonchev–Trinajstić information content (AvgIpc) is 3.18. The standard InChI is InChI=1S/C19H23N3O2S2/c23-17(13-3-4-13)20-7-5-16-12-26-18(21-16)14-2-1-8-22(10-14)19(24)15-6-9-25-11-15/h6,9,11-14H,1-5,7-8,10H2,(H,20,23)/t14-/m1/s1. The molecule has 4 rings (SSSR count). The first-order valence-corrected chi connectivity index (χ1v) is 11.1. The number of carbonyl (C=O) groups is 2. The van der Waals surface area contributed by atoms with Gasteiger partial charge in [0.15, 0.2) is 0 Å². The van der Waals surface area contributed by atoms with E-state index in [-0.39, 0.29) is 17.7 Å². The fourth-order valence-corrected chi connectivity index (χ4v) is 4.97. The van der Waals surface area contributed by atoms with E-state index in [2.05, 4.69) is 10.7 Å². The maximum absolute atomic E-state index is 12.6. The Bertz CT molecular complexity index is 768. The molecule has 26 heavy (non-hydrogen) atoms. The lowest BCUT2D eigenvalue weighted by Crippen LogP contribution is -2.38. The van der Waals surface area contributed by atoms with Crippen molar-refractivity contribution >= 4 is 34.5 Å². The number of piperidine rings is 1. The van der Waals surface area contributed by atoms with E-state index in [1.807, 2.05) is 21.7 Å². The molecule has 7 heteroatoms. The van der Waals surface area contributed by atoms with Crippen LogP contribution >= 0.6 is 22.7 Å². The fourth-order valence-electron chi connectivity index (χ4n) is 3.36. The van der Waals surface area contributed by atoms with Crippen LogP contribution in [0.15, 0.2) is 22.2 Å². The Balaban J connectivity index is 1.31. The molecule has 1 atom stereocenters. The van der Waals surface area contributed by atoms with Gasteiger partial charge in [-0.05, 0) is 37.1 Å². The van der Waals surface area contributed by atoms with Crippen molar-refractivity contribution in [1.82, 2.24) is 15.2 Å². The first-order valence-electron chi connectivity index (χ1n) is 9.24. The Morgan fingerprint density at radius 2 is 2.15 bits per heavy atom. The maximum Gasteiger partial charge on any atom is 0.254 e. The van der Waals surface area contributed by atoms with Gasteiger partial charge in [0.2, 0.25) is 5.91 Å².